The summed E-state index contributed by atoms with van der Waals surface area (Å²) in [4.78, 5) is 36.1. The predicted molar refractivity (Wildman–Crippen MR) is 81.5 cm³/mol. The minimum absolute atomic E-state index is 0.326. The fraction of sp³-hybridized carbons (Fsp3) is 0.438. The second kappa shape index (κ2) is 6.36. The minimum atomic E-state index is -1.10. The van der Waals surface area contributed by atoms with Crippen molar-refractivity contribution in [1.82, 2.24) is 15.8 Å². The molecule has 0 saturated carbocycles. The van der Waals surface area contributed by atoms with Crippen LogP contribution in [0.3, 0.4) is 0 Å². The number of rotatable bonds is 5. The highest BCUT2D eigenvalue weighted by Gasteiger charge is 2.48. The highest BCUT2D eigenvalue weighted by Crippen LogP contribution is 2.22. The van der Waals surface area contributed by atoms with Crippen molar-refractivity contribution in [3.63, 3.8) is 0 Å². The van der Waals surface area contributed by atoms with Gasteiger partial charge in [-0.25, -0.2) is 9.18 Å². The summed E-state index contributed by atoms with van der Waals surface area (Å²) in [5.41, 5.74) is 2.08. The molecule has 1 aromatic rings. The van der Waals surface area contributed by atoms with Gasteiger partial charge in [0.1, 0.15) is 11.4 Å². The Morgan fingerprint density at radius 3 is 2.48 bits per heavy atom. The van der Waals surface area contributed by atoms with Gasteiger partial charge in [0.2, 0.25) is 5.91 Å². The van der Waals surface area contributed by atoms with Gasteiger partial charge in [0, 0.05) is 5.92 Å². The van der Waals surface area contributed by atoms with Gasteiger partial charge in [-0.3, -0.25) is 15.0 Å². The zero-order valence-corrected chi connectivity index (χ0v) is 13.4. The standard InChI is InChI=1S/C16H20FN3O3/c1-10(2)13(21)19-20-14(22)16(3,18-15(20)23)9-8-11-4-6-12(17)7-5-11/h4-7,10H,8-9H2,1-3H3,(H,18,23)(H,19,21). The Bertz CT molecular complexity index is 630. The quantitative estimate of drug-likeness (QED) is 0.811. The van der Waals surface area contributed by atoms with Crippen LogP contribution in [0.1, 0.15) is 32.8 Å². The van der Waals surface area contributed by atoms with Crippen molar-refractivity contribution in [1.29, 1.82) is 0 Å². The smallest absolute Gasteiger partial charge is 0.322 e. The summed E-state index contributed by atoms with van der Waals surface area (Å²) in [6.07, 6.45) is 0.839. The third-order valence-electron chi connectivity index (χ3n) is 3.83. The maximum absolute atomic E-state index is 12.9. The molecule has 1 aliphatic rings. The Hall–Kier alpha value is -2.44. The van der Waals surface area contributed by atoms with Gasteiger partial charge < -0.3 is 5.32 Å². The number of urea groups is 1. The summed E-state index contributed by atoms with van der Waals surface area (Å²) < 4.78 is 12.9. The monoisotopic (exact) mass is 321 g/mol. The van der Waals surface area contributed by atoms with Crippen LogP contribution in [0, 0.1) is 11.7 Å². The molecule has 0 aromatic heterocycles. The van der Waals surface area contributed by atoms with E-state index in [9.17, 15) is 18.8 Å². The van der Waals surface area contributed by atoms with Crippen LogP contribution in [-0.2, 0) is 16.0 Å². The van der Waals surface area contributed by atoms with Gasteiger partial charge in [0.05, 0.1) is 0 Å². The van der Waals surface area contributed by atoms with Crippen LogP contribution < -0.4 is 10.7 Å². The Balaban J connectivity index is 2.04. The number of imide groups is 1. The van der Waals surface area contributed by atoms with Crippen LogP contribution in [0.25, 0.3) is 0 Å². The average molecular weight is 321 g/mol. The summed E-state index contributed by atoms with van der Waals surface area (Å²) in [6.45, 7) is 4.95. The number of carbonyl (C=O) groups is 3. The summed E-state index contributed by atoms with van der Waals surface area (Å²) in [7, 11) is 0. The Morgan fingerprint density at radius 2 is 1.91 bits per heavy atom. The molecule has 124 valence electrons. The maximum Gasteiger partial charge on any atom is 0.344 e. The lowest BCUT2D eigenvalue weighted by atomic mass is 9.93. The number of hydrazine groups is 1. The molecule has 23 heavy (non-hydrogen) atoms. The summed E-state index contributed by atoms with van der Waals surface area (Å²) in [5.74, 6) is -1.58. The minimum Gasteiger partial charge on any atom is -0.322 e. The van der Waals surface area contributed by atoms with Crippen molar-refractivity contribution in [2.45, 2.75) is 39.2 Å². The van der Waals surface area contributed by atoms with Gasteiger partial charge in [-0.05, 0) is 37.5 Å². The van der Waals surface area contributed by atoms with E-state index in [0.717, 1.165) is 10.6 Å². The van der Waals surface area contributed by atoms with Gasteiger partial charge in [-0.2, -0.15) is 5.01 Å². The first kappa shape index (κ1) is 16.9. The number of hydrogen-bond acceptors (Lipinski definition) is 3. The number of amides is 4. The van der Waals surface area contributed by atoms with Crippen LogP contribution in [0.4, 0.5) is 9.18 Å². The normalized spacial score (nSPS) is 20.8. The second-order valence-electron chi connectivity index (χ2n) is 6.16. The SMILES string of the molecule is CC(C)C(=O)NN1C(=O)NC(C)(CCc2ccc(F)cc2)C1=O. The molecule has 4 amide bonds. The van der Waals surface area contributed by atoms with E-state index < -0.39 is 23.4 Å². The zero-order valence-electron chi connectivity index (χ0n) is 13.4. The van der Waals surface area contributed by atoms with E-state index in [1.807, 2.05) is 0 Å². The van der Waals surface area contributed by atoms with Crippen molar-refractivity contribution < 1.29 is 18.8 Å². The van der Waals surface area contributed by atoms with Gasteiger partial charge in [0.25, 0.3) is 5.91 Å². The lowest BCUT2D eigenvalue weighted by molar-refractivity contribution is -0.140. The van der Waals surface area contributed by atoms with Crippen LogP contribution >= 0.6 is 0 Å². The first-order valence-electron chi connectivity index (χ1n) is 7.44. The van der Waals surface area contributed by atoms with Crippen LogP contribution in [0.15, 0.2) is 24.3 Å². The largest absolute Gasteiger partial charge is 0.344 e. The summed E-state index contributed by atoms with van der Waals surface area (Å²) in [5, 5.41) is 3.33. The van der Waals surface area contributed by atoms with Crippen molar-refractivity contribution in [3.8, 4) is 0 Å². The lowest BCUT2D eigenvalue weighted by Crippen LogP contribution is -2.49. The number of hydrogen-bond donors (Lipinski definition) is 2. The number of nitrogens with zero attached hydrogens (tertiary/aromatic N) is 1. The number of aryl methyl sites for hydroxylation is 1. The average Bonchev–Trinajstić information content (AvgIpc) is 2.70. The first-order valence-corrected chi connectivity index (χ1v) is 7.44. The van der Waals surface area contributed by atoms with Crippen molar-refractivity contribution >= 4 is 17.8 Å². The number of benzene rings is 1. The third kappa shape index (κ3) is 3.67. The molecule has 2 rings (SSSR count). The molecule has 0 radical (unpaired) electrons. The van der Waals surface area contributed by atoms with Crippen molar-refractivity contribution in [2.24, 2.45) is 5.92 Å². The molecule has 1 aliphatic heterocycles. The van der Waals surface area contributed by atoms with E-state index >= 15 is 0 Å². The molecule has 0 aliphatic carbocycles. The summed E-state index contributed by atoms with van der Waals surface area (Å²) >= 11 is 0. The van der Waals surface area contributed by atoms with Gasteiger partial charge in [0.15, 0.2) is 0 Å². The topological polar surface area (TPSA) is 78.5 Å². The fourth-order valence-corrected chi connectivity index (χ4v) is 2.24. The lowest BCUT2D eigenvalue weighted by Gasteiger charge is -2.22. The maximum atomic E-state index is 12.9. The van der Waals surface area contributed by atoms with Crippen LogP contribution in [0.2, 0.25) is 0 Å². The Kier molecular flexibility index (Phi) is 4.68. The molecule has 2 N–H and O–H groups in total. The highest BCUT2D eigenvalue weighted by molar-refractivity contribution is 6.07. The molecule has 0 bridgehead atoms. The number of halogens is 1. The van der Waals surface area contributed by atoms with E-state index in [1.54, 1.807) is 32.9 Å². The van der Waals surface area contributed by atoms with E-state index in [0.29, 0.717) is 12.8 Å². The Morgan fingerprint density at radius 1 is 1.30 bits per heavy atom. The van der Waals surface area contributed by atoms with Crippen molar-refractivity contribution in [2.75, 3.05) is 0 Å². The first-order chi connectivity index (χ1) is 10.7. The molecule has 0 spiro atoms. The highest BCUT2D eigenvalue weighted by atomic mass is 19.1. The second-order valence-corrected chi connectivity index (χ2v) is 6.16. The predicted octanol–water partition coefficient (Wildman–Crippen LogP) is 1.76. The number of carbonyl (C=O) groups excluding carboxylic acids is 3. The van der Waals surface area contributed by atoms with E-state index in [4.69, 9.17) is 0 Å². The molecular weight excluding hydrogens is 301 g/mol. The van der Waals surface area contributed by atoms with Gasteiger partial charge in [-0.1, -0.05) is 26.0 Å². The van der Waals surface area contributed by atoms with Crippen molar-refractivity contribution in [3.05, 3.63) is 35.6 Å². The molecule has 1 unspecified atom stereocenters. The molecule has 7 heteroatoms. The van der Waals surface area contributed by atoms with E-state index in [1.165, 1.54) is 12.1 Å². The van der Waals surface area contributed by atoms with E-state index in [2.05, 4.69) is 10.7 Å². The molecule has 1 saturated heterocycles. The molecular formula is C16H20FN3O3. The van der Waals surface area contributed by atoms with Gasteiger partial charge in [-0.15, -0.1) is 0 Å². The third-order valence-corrected chi connectivity index (χ3v) is 3.83. The molecule has 1 fully saturated rings. The van der Waals surface area contributed by atoms with Crippen LogP contribution in [0.5, 0.6) is 0 Å². The fourth-order valence-electron chi connectivity index (χ4n) is 2.24. The van der Waals surface area contributed by atoms with E-state index in [-0.39, 0.29) is 11.7 Å². The van der Waals surface area contributed by atoms with Gasteiger partial charge >= 0.3 is 6.03 Å². The molecule has 1 aromatic carbocycles. The summed E-state index contributed by atoms with van der Waals surface area (Å²) in [6, 6.07) is 5.32. The molecule has 1 heterocycles. The zero-order chi connectivity index (χ0) is 17.2. The number of nitrogens with one attached hydrogen (secondary N) is 2. The van der Waals surface area contributed by atoms with Crippen LogP contribution in [-0.4, -0.2) is 28.4 Å². The molecule has 1 atom stereocenters. The Labute approximate surface area is 134 Å². The molecule has 6 nitrogen and oxygen atoms in total.